The Bertz CT molecular complexity index is 1290. The Balaban J connectivity index is 1.53. The molecule has 36 heavy (non-hydrogen) atoms. The zero-order valence-corrected chi connectivity index (χ0v) is 21.3. The highest BCUT2D eigenvalue weighted by molar-refractivity contribution is 6.36. The third-order valence-corrected chi connectivity index (χ3v) is 7.95. The van der Waals surface area contributed by atoms with Crippen molar-refractivity contribution in [3.63, 3.8) is 0 Å². The lowest BCUT2D eigenvalue weighted by Crippen LogP contribution is -2.38. The van der Waals surface area contributed by atoms with Gasteiger partial charge in [0.2, 0.25) is 17.8 Å². The van der Waals surface area contributed by atoms with E-state index in [-0.39, 0.29) is 39.8 Å². The Hall–Kier alpha value is -2.69. The SMILES string of the molecule is CC1(C(N)=O)CCC(n2c(Nc3c(F)cc(Cl)cc3Cl)nc3cnc(NC4CC[C@@H](O)C4)nc32)CC1. The van der Waals surface area contributed by atoms with E-state index in [1.165, 1.54) is 12.1 Å². The molecule has 0 aliphatic heterocycles. The van der Waals surface area contributed by atoms with Crippen LogP contribution in [0.25, 0.3) is 11.2 Å². The number of aromatic nitrogens is 4. The summed E-state index contributed by atoms with van der Waals surface area (Å²) in [6.45, 7) is 1.89. The summed E-state index contributed by atoms with van der Waals surface area (Å²) in [5.41, 5.74) is 6.25. The first kappa shape index (κ1) is 25.0. The van der Waals surface area contributed by atoms with Crippen molar-refractivity contribution in [2.75, 3.05) is 10.6 Å². The number of rotatable bonds is 6. The molecule has 192 valence electrons. The second kappa shape index (κ2) is 9.64. The molecule has 1 amide bonds. The summed E-state index contributed by atoms with van der Waals surface area (Å²) in [6, 6.07) is 2.66. The lowest BCUT2D eigenvalue weighted by Gasteiger charge is -2.35. The summed E-state index contributed by atoms with van der Waals surface area (Å²) in [6.07, 6.45) is 6.04. The molecule has 2 saturated carbocycles. The number of carbonyl (C=O) groups is 1. The van der Waals surface area contributed by atoms with Gasteiger partial charge in [-0.15, -0.1) is 0 Å². The fourth-order valence-electron chi connectivity index (χ4n) is 5.18. The number of nitrogens with one attached hydrogen (secondary N) is 2. The van der Waals surface area contributed by atoms with Crippen LogP contribution in [0.5, 0.6) is 0 Å². The number of halogens is 3. The summed E-state index contributed by atoms with van der Waals surface area (Å²) < 4.78 is 16.7. The first-order chi connectivity index (χ1) is 17.1. The number of aliphatic hydroxyl groups is 1. The number of imidazole rings is 1. The molecule has 2 atom stereocenters. The molecule has 1 aromatic carbocycles. The molecule has 0 radical (unpaired) electrons. The quantitative estimate of drug-likeness (QED) is 0.351. The molecule has 3 aromatic rings. The minimum absolute atomic E-state index is 0.0571. The number of hydrogen-bond acceptors (Lipinski definition) is 7. The topological polar surface area (TPSA) is 131 Å². The van der Waals surface area contributed by atoms with E-state index in [0.717, 1.165) is 12.8 Å². The molecule has 2 aliphatic carbocycles. The molecule has 5 rings (SSSR count). The number of benzene rings is 1. The molecular formula is C24H28Cl2FN7O2. The molecule has 2 heterocycles. The Morgan fingerprint density at radius 2 is 1.97 bits per heavy atom. The molecule has 2 aromatic heterocycles. The number of primary amides is 1. The van der Waals surface area contributed by atoms with Crippen LogP contribution in [-0.2, 0) is 4.79 Å². The number of aliphatic hydroxyl groups excluding tert-OH is 1. The predicted molar refractivity (Wildman–Crippen MR) is 137 cm³/mol. The number of hydrogen-bond donors (Lipinski definition) is 4. The van der Waals surface area contributed by atoms with Crippen molar-refractivity contribution in [2.24, 2.45) is 11.1 Å². The van der Waals surface area contributed by atoms with Crippen LogP contribution in [0, 0.1) is 11.2 Å². The number of nitrogens with two attached hydrogens (primary N) is 1. The van der Waals surface area contributed by atoms with E-state index in [2.05, 4.69) is 20.6 Å². The average molecular weight is 536 g/mol. The van der Waals surface area contributed by atoms with Gasteiger partial charge in [-0.2, -0.15) is 4.98 Å². The number of fused-ring (bicyclic) bond motifs is 1. The largest absolute Gasteiger partial charge is 0.393 e. The van der Waals surface area contributed by atoms with E-state index >= 15 is 0 Å². The van der Waals surface area contributed by atoms with Crippen LogP contribution in [0.15, 0.2) is 18.3 Å². The highest BCUT2D eigenvalue weighted by atomic mass is 35.5. The van der Waals surface area contributed by atoms with Gasteiger partial charge in [0, 0.05) is 22.5 Å². The maximum atomic E-state index is 14.8. The van der Waals surface area contributed by atoms with Crippen molar-refractivity contribution in [1.82, 2.24) is 19.5 Å². The lowest BCUT2D eigenvalue weighted by molar-refractivity contribution is -0.128. The van der Waals surface area contributed by atoms with E-state index in [0.29, 0.717) is 55.2 Å². The Morgan fingerprint density at radius 3 is 2.61 bits per heavy atom. The predicted octanol–water partition coefficient (Wildman–Crippen LogP) is 4.95. The van der Waals surface area contributed by atoms with E-state index in [1.54, 1.807) is 6.20 Å². The standard InChI is InChI=1S/C24H28Cl2FN7O2/c1-24(21(28)36)6-4-14(5-7-24)34-20-18(11-29-22(33-20)30-13-2-3-15(35)10-13)31-23(34)32-19-16(26)8-12(25)9-17(19)27/h8-9,11,13-15,35H,2-7,10H2,1H3,(H2,28,36)(H,31,32)(H,29,30,33)/t13?,14?,15-,24?/m1/s1. The van der Waals surface area contributed by atoms with Crippen LogP contribution in [0.1, 0.15) is 57.9 Å². The van der Waals surface area contributed by atoms with Gasteiger partial charge in [-0.1, -0.05) is 30.1 Å². The minimum atomic E-state index is -0.607. The van der Waals surface area contributed by atoms with E-state index in [9.17, 15) is 14.3 Å². The zero-order valence-electron chi connectivity index (χ0n) is 19.8. The number of carbonyl (C=O) groups excluding carboxylic acids is 1. The van der Waals surface area contributed by atoms with Gasteiger partial charge in [0.15, 0.2) is 5.65 Å². The monoisotopic (exact) mass is 535 g/mol. The van der Waals surface area contributed by atoms with Crippen molar-refractivity contribution >= 4 is 57.9 Å². The Morgan fingerprint density at radius 1 is 1.22 bits per heavy atom. The van der Waals surface area contributed by atoms with Gasteiger partial charge in [0.25, 0.3) is 0 Å². The number of nitrogens with zero attached hydrogens (tertiary/aromatic N) is 4. The number of amides is 1. The molecule has 0 bridgehead atoms. The first-order valence-electron chi connectivity index (χ1n) is 12.0. The molecule has 0 saturated heterocycles. The van der Waals surface area contributed by atoms with Gasteiger partial charge in [-0.3, -0.25) is 9.36 Å². The van der Waals surface area contributed by atoms with Crippen molar-refractivity contribution in [2.45, 2.75) is 70.1 Å². The molecule has 0 spiro atoms. The molecular weight excluding hydrogens is 508 g/mol. The van der Waals surface area contributed by atoms with Gasteiger partial charge in [-0.25, -0.2) is 14.4 Å². The second-order valence-electron chi connectivity index (χ2n) is 10.0. The lowest BCUT2D eigenvalue weighted by atomic mass is 9.73. The molecule has 2 fully saturated rings. The second-order valence-corrected chi connectivity index (χ2v) is 10.9. The van der Waals surface area contributed by atoms with Gasteiger partial charge in [-0.05, 0) is 57.1 Å². The third-order valence-electron chi connectivity index (χ3n) is 7.43. The van der Waals surface area contributed by atoms with Crippen LogP contribution in [0.4, 0.5) is 22.0 Å². The van der Waals surface area contributed by atoms with Gasteiger partial charge < -0.3 is 21.5 Å². The van der Waals surface area contributed by atoms with Crippen molar-refractivity contribution < 1.29 is 14.3 Å². The van der Waals surface area contributed by atoms with E-state index < -0.39 is 11.2 Å². The Kier molecular flexibility index (Phi) is 6.69. The van der Waals surface area contributed by atoms with Crippen LogP contribution in [-0.4, -0.2) is 42.7 Å². The van der Waals surface area contributed by atoms with Crippen LogP contribution in [0.2, 0.25) is 10.0 Å². The molecule has 1 unspecified atom stereocenters. The minimum Gasteiger partial charge on any atom is -0.393 e. The number of anilines is 3. The fraction of sp³-hybridized carbons (Fsp3) is 0.500. The van der Waals surface area contributed by atoms with Crippen molar-refractivity contribution in [1.29, 1.82) is 0 Å². The van der Waals surface area contributed by atoms with Gasteiger partial charge >= 0.3 is 0 Å². The van der Waals surface area contributed by atoms with Crippen LogP contribution >= 0.6 is 23.2 Å². The summed E-state index contributed by atoms with van der Waals surface area (Å²) in [5, 5.41) is 16.5. The first-order valence-corrected chi connectivity index (χ1v) is 12.8. The van der Waals surface area contributed by atoms with Crippen molar-refractivity contribution in [3.8, 4) is 0 Å². The summed E-state index contributed by atoms with van der Waals surface area (Å²) >= 11 is 12.2. The maximum absolute atomic E-state index is 14.8. The van der Waals surface area contributed by atoms with Crippen LogP contribution in [0.3, 0.4) is 0 Å². The van der Waals surface area contributed by atoms with E-state index in [1.807, 2.05) is 11.5 Å². The summed E-state index contributed by atoms with van der Waals surface area (Å²) in [5.74, 6) is -0.118. The Labute approximate surface area is 217 Å². The summed E-state index contributed by atoms with van der Waals surface area (Å²) in [7, 11) is 0. The molecule has 2 aliphatic rings. The smallest absolute Gasteiger partial charge is 0.224 e. The van der Waals surface area contributed by atoms with Gasteiger partial charge in [0.1, 0.15) is 11.3 Å². The average Bonchev–Trinajstić information content (AvgIpc) is 3.39. The molecule has 9 nitrogen and oxygen atoms in total. The zero-order chi connectivity index (χ0) is 25.6. The highest BCUT2D eigenvalue weighted by Crippen LogP contribution is 2.43. The molecule has 12 heteroatoms. The molecule has 5 N–H and O–H groups in total. The highest BCUT2D eigenvalue weighted by Gasteiger charge is 2.38. The normalized spacial score (nSPS) is 26.3. The maximum Gasteiger partial charge on any atom is 0.224 e. The van der Waals surface area contributed by atoms with E-state index in [4.69, 9.17) is 33.9 Å². The van der Waals surface area contributed by atoms with Crippen LogP contribution < -0.4 is 16.4 Å². The third kappa shape index (κ3) is 4.81. The fourth-order valence-corrected chi connectivity index (χ4v) is 5.70. The summed E-state index contributed by atoms with van der Waals surface area (Å²) in [4.78, 5) is 25.8. The van der Waals surface area contributed by atoms with Gasteiger partial charge in [0.05, 0.1) is 23.0 Å². The van der Waals surface area contributed by atoms with Crippen molar-refractivity contribution in [3.05, 3.63) is 34.2 Å².